The van der Waals surface area contributed by atoms with Gasteiger partial charge >= 0.3 is 0 Å². The number of hydrogen-bond acceptors (Lipinski definition) is 1. The first-order chi connectivity index (χ1) is 10.3. The third-order valence-electron chi connectivity index (χ3n) is 2.87. The molecule has 0 fully saturated rings. The molecule has 0 saturated heterocycles. The van der Waals surface area contributed by atoms with Gasteiger partial charge in [-0.2, -0.15) is 0 Å². The molecular formula is C20H19N. The quantitative estimate of drug-likeness (QED) is 0.508. The van der Waals surface area contributed by atoms with Crippen LogP contribution in [0.4, 0.5) is 5.69 Å². The van der Waals surface area contributed by atoms with Crippen LogP contribution in [0.3, 0.4) is 0 Å². The van der Waals surface area contributed by atoms with Crippen LogP contribution in [0, 0.1) is 0 Å². The van der Waals surface area contributed by atoms with Gasteiger partial charge < -0.3 is 5.73 Å². The van der Waals surface area contributed by atoms with Gasteiger partial charge in [-0.15, -0.1) is 0 Å². The van der Waals surface area contributed by atoms with E-state index < -0.39 is 0 Å². The molecule has 0 saturated carbocycles. The van der Waals surface area contributed by atoms with Crippen molar-refractivity contribution in [3.63, 3.8) is 0 Å². The van der Waals surface area contributed by atoms with Crippen molar-refractivity contribution in [1.82, 2.24) is 0 Å². The normalized spacial score (nSPS) is 9.90. The standard InChI is InChI=1S/C14H12.C6H7N/c1-3-7-13(8-4-1)11-12-14-9-5-2-6-10-14;7-6-4-2-1-3-5-6/h1-12H;1-5H,7H2. The van der Waals surface area contributed by atoms with Gasteiger partial charge in [0, 0.05) is 5.69 Å². The molecule has 21 heavy (non-hydrogen) atoms. The molecule has 3 rings (SSSR count). The van der Waals surface area contributed by atoms with Crippen molar-refractivity contribution in [2.75, 3.05) is 5.73 Å². The predicted molar refractivity (Wildman–Crippen MR) is 92.7 cm³/mol. The van der Waals surface area contributed by atoms with Crippen LogP contribution >= 0.6 is 0 Å². The molecule has 0 unspecified atom stereocenters. The lowest BCUT2D eigenvalue weighted by molar-refractivity contribution is 1.65. The summed E-state index contributed by atoms with van der Waals surface area (Å²) in [6.07, 6.45) is 4.24. The molecule has 104 valence electrons. The molecule has 0 spiro atoms. The Bertz CT molecular complexity index is 602. The van der Waals surface area contributed by atoms with E-state index in [0.717, 1.165) is 5.69 Å². The Balaban J connectivity index is 0.000000194. The Morgan fingerprint density at radius 1 is 0.476 bits per heavy atom. The molecule has 3 aromatic rings. The van der Waals surface area contributed by atoms with E-state index in [0.29, 0.717) is 0 Å². The first-order valence-corrected chi connectivity index (χ1v) is 6.93. The molecule has 0 radical (unpaired) electrons. The molecule has 0 bridgehead atoms. The molecular weight excluding hydrogens is 254 g/mol. The highest BCUT2D eigenvalue weighted by molar-refractivity contribution is 5.69. The lowest BCUT2D eigenvalue weighted by atomic mass is 10.1. The summed E-state index contributed by atoms with van der Waals surface area (Å²) in [5.74, 6) is 0. The second kappa shape index (κ2) is 8.39. The van der Waals surface area contributed by atoms with Gasteiger partial charge in [-0.3, -0.25) is 0 Å². The Morgan fingerprint density at radius 2 is 0.810 bits per heavy atom. The van der Waals surface area contributed by atoms with E-state index in [2.05, 4.69) is 36.4 Å². The summed E-state index contributed by atoms with van der Waals surface area (Å²) in [5, 5.41) is 0. The maximum atomic E-state index is 5.36. The fourth-order valence-electron chi connectivity index (χ4n) is 1.77. The van der Waals surface area contributed by atoms with Gasteiger partial charge in [0.05, 0.1) is 0 Å². The van der Waals surface area contributed by atoms with Crippen molar-refractivity contribution in [2.45, 2.75) is 0 Å². The van der Waals surface area contributed by atoms with Crippen LogP contribution in [-0.4, -0.2) is 0 Å². The highest BCUT2D eigenvalue weighted by atomic mass is 14.5. The van der Waals surface area contributed by atoms with Gasteiger partial charge in [0.1, 0.15) is 0 Å². The highest BCUT2D eigenvalue weighted by Crippen LogP contribution is 2.06. The third-order valence-corrected chi connectivity index (χ3v) is 2.87. The van der Waals surface area contributed by atoms with Crippen LogP contribution in [0.2, 0.25) is 0 Å². The molecule has 0 amide bonds. The minimum absolute atomic E-state index is 0.822. The first-order valence-electron chi connectivity index (χ1n) is 6.93. The Kier molecular flexibility index (Phi) is 5.83. The van der Waals surface area contributed by atoms with E-state index in [9.17, 15) is 0 Å². The Morgan fingerprint density at radius 3 is 1.10 bits per heavy atom. The maximum Gasteiger partial charge on any atom is 0.0313 e. The second-order valence-electron chi connectivity index (χ2n) is 4.57. The van der Waals surface area contributed by atoms with E-state index in [-0.39, 0.29) is 0 Å². The zero-order valence-corrected chi connectivity index (χ0v) is 11.9. The van der Waals surface area contributed by atoms with Crippen LogP contribution in [0.15, 0.2) is 91.0 Å². The van der Waals surface area contributed by atoms with E-state index in [1.54, 1.807) is 0 Å². The maximum absolute atomic E-state index is 5.36. The van der Waals surface area contributed by atoms with Crippen molar-refractivity contribution in [1.29, 1.82) is 0 Å². The molecule has 1 heteroatoms. The number of rotatable bonds is 2. The fraction of sp³-hybridized carbons (Fsp3) is 0. The van der Waals surface area contributed by atoms with Crippen molar-refractivity contribution in [3.8, 4) is 0 Å². The van der Waals surface area contributed by atoms with E-state index >= 15 is 0 Å². The number of benzene rings is 3. The minimum Gasteiger partial charge on any atom is -0.399 e. The number of hydrogen-bond donors (Lipinski definition) is 1. The number of nitrogen functional groups attached to an aromatic ring is 1. The second-order valence-corrected chi connectivity index (χ2v) is 4.57. The summed E-state index contributed by atoms with van der Waals surface area (Å²) in [6.45, 7) is 0. The molecule has 3 aromatic carbocycles. The molecule has 0 aliphatic heterocycles. The third kappa shape index (κ3) is 5.79. The lowest BCUT2D eigenvalue weighted by Gasteiger charge is -1.92. The molecule has 0 aliphatic carbocycles. The van der Waals surface area contributed by atoms with E-state index in [4.69, 9.17) is 5.73 Å². The lowest BCUT2D eigenvalue weighted by Crippen LogP contribution is -1.79. The summed E-state index contributed by atoms with van der Waals surface area (Å²) >= 11 is 0. The van der Waals surface area contributed by atoms with Crippen LogP contribution in [0.1, 0.15) is 11.1 Å². The summed E-state index contributed by atoms with van der Waals surface area (Å²) in [6, 6.07) is 30.1. The molecule has 0 atom stereocenters. The summed E-state index contributed by atoms with van der Waals surface area (Å²) in [4.78, 5) is 0. The van der Waals surface area contributed by atoms with E-state index in [1.807, 2.05) is 66.7 Å². The summed E-state index contributed by atoms with van der Waals surface area (Å²) < 4.78 is 0. The van der Waals surface area contributed by atoms with Crippen LogP contribution in [0.25, 0.3) is 12.2 Å². The molecule has 2 N–H and O–H groups in total. The van der Waals surface area contributed by atoms with Gasteiger partial charge in [-0.1, -0.05) is 91.0 Å². The van der Waals surface area contributed by atoms with Gasteiger partial charge in [0.15, 0.2) is 0 Å². The SMILES string of the molecule is C(=Cc1ccccc1)c1ccccc1.Nc1ccccc1. The smallest absolute Gasteiger partial charge is 0.0313 e. The Hall–Kier alpha value is -2.80. The van der Waals surface area contributed by atoms with Gasteiger partial charge in [-0.05, 0) is 23.3 Å². The zero-order chi connectivity index (χ0) is 14.8. The number of para-hydroxylation sites is 1. The average Bonchev–Trinajstić information content (AvgIpc) is 2.56. The minimum atomic E-state index is 0.822. The molecule has 0 aliphatic rings. The predicted octanol–water partition coefficient (Wildman–Crippen LogP) is 5.13. The van der Waals surface area contributed by atoms with Crippen LogP contribution in [-0.2, 0) is 0 Å². The molecule has 1 nitrogen and oxygen atoms in total. The van der Waals surface area contributed by atoms with Crippen molar-refractivity contribution in [3.05, 3.63) is 102 Å². The summed E-state index contributed by atoms with van der Waals surface area (Å²) in [5.41, 5.74) is 8.65. The first kappa shape index (κ1) is 14.6. The highest BCUT2D eigenvalue weighted by Gasteiger charge is 1.84. The topological polar surface area (TPSA) is 26.0 Å². The monoisotopic (exact) mass is 273 g/mol. The Labute approximate surface area is 126 Å². The van der Waals surface area contributed by atoms with Gasteiger partial charge in [0.25, 0.3) is 0 Å². The number of nitrogens with two attached hydrogens (primary N) is 1. The van der Waals surface area contributed by atoms with Crippen molar-refractivity contribution >= 4 is 17.8 Å². The summed E-state index contributed by atoms with van der Waals surface area (Å²) in [7, 11) is 0. The van der Waals surface area contributed by atoms with Crippen molar-refractivity contribution in [2.24, 2.45) is 0 Å². The number of anilines is 1. The molecule has 0 heterocycles. The average molecular weight is 273 g/mol. The van der Waals surface area contributed by atoms with Gasteiger partial charge in [-0.25, -0.2) is 0 Å². The van der Waals surface area contributed by atoms with Crippen LogP contribution < -0.4 is 5.73 Å². The van der Waals surface area contributed by atoms with E-state index in [1.165, 1.54) is 11.1 Å². The molecule has 0 aromatic heterocycles. The van der Waals surface area contributed by atoms with Crippen LogP contribution in [0.5, 0.6) is 0 Å². The fourth-order valence-corrected chi connectivity index (χ4v) is 1.77. The zero-order valence-electron chi connectivity index (χ0n) is 11.9. The van der Waals surface area contributed by atoms with Crippen molar-refractivity contribution < 1.29 is 0 Å². The largest absolute Gasteiger partial charge is 0.399 e. The van der Waals surface area contributed by atoms with Gasteiger partial charge in [0.2, 0.25) is 0 Å².